The molecule has 0 aliphatic carbocycles. The van der Waals surface area contributed by atoms with Gasteiger partial charge in [-0.15, -0.1) is 0 Å². The molecule has 3 heterocycles. The summed E-state index contributed by atoms with van der Waals surface area (Å²) < 4.78 is 40.4. The molecule has 0 saturated carbocycles. The summed E-state index contributed by atoms with van der Waals surface area (Å²) in [4.78, 5) is 20.6. The van der Waals surface area contributed by atoms with Crippen molar-refractivity contribution >= 4 is 11.7 Å². The summed E-state index contributed by atoms with van der Waals surface area (Å²) in [7, 11) is 0. The molecule has 26 heavy (non-hydrogen) atoms. The van der Waals surface area contributed by atoms with Crippen molar-refractivity contribution in [2.24, 2.45) is 0 Å². The van der Waals surface area contributed by atoms with Crippen LogP contribution in [0.1, 0.15) is 29.2 Å². The molecule has 0 radical (unpaired) electrons. The highest BCUT2D eigenvalue weighted by atomic mass is 19.4. The molecule has 132 valence electrons. The van der Waals surface area contributed by atoms with Gasteiger partial charge in [-0.25, -0.2) is 4.98 Å². The second-order valence-electron chi connectivity index (χ2n) is 5.99. The molecule has 4 rings (SSSR count). The quantitative estimate of drug-likeness (QED) is 0.759. The lowest BCUT2D eigenvalue weighted by atomic mass is 9.91. The van der Waals surface area contributed by atoms with E-state index >= 15 is 0 Å². The van der Waals surface area contributed by atoms with Crippen LogP contribution in [0.3, 0.4) is 0 Å². The van der Waals surface area contributed by atoms with Gasteiger partial charge in [0.05, 0.1) is 11.3 Å². The van der Waals surface area contributed by atoms with Gasteiger partial charge in [-0.3, -0.25) is 14.3 Å². The van der Waals surface area contributed by atoms with Gasteiger partial charge in [-0.05, 0) is 29.8 Å². The molecule has 1 aliphatic heterocycles. The van der Waals surface area contributed by atoms with Crippen LogP contribution < -0.4 is 5.32 Å². The Kier molecular flexibility index (Phi) is 3.75. The number of aromatic nitrogens is 3. The summed E-state index contributed by atoms with van der Waals surface area (Å²) in [6.45, 7) is 0. The molecule has 1 N–H and O–H groups in total. The standard InChI is InChI=1S/C18H13F3N4O/c19-18(20,21)12-4-1-5-13(7-12)25-10-23-16-14(8-15(26)24-17(16)25)11-3-2-6-22-9-11/h1-7,9-10,14H,8H2,(H,24,26)/t14-/m0/s1. The van der Waals surface area contributed by atoms with E-state index < -0.39 is 11.7 Å². The predicted molar refractivity (Wildman–Crippen MR) is 87.9 cm³/mol. The average molecular weight is 358 g/mol. The number of nitrogens with one attached hydrogen (secondary N) is 1. The van der Waals surface area contributed by atoms with E-state index in [1.54, 1.807) is 18.5 Å². The van der Waals surface area contributed by atoms with Crippen LogP contribution in [-0.4, -0.2) is 20.4 Å². The Morgan fingerprint density at radius 2 is 2.04 bits per heavy atom. The third-order valence-electron chi connectivity index (χ3n) is 4.31. The zero-order valence-electron chi connectivity index (χ0n) is 13.4. The fourth-order valence-corrected chi connectivity index (χ4v) is 3.09. The molecule has 0 bridgehead atoms. The second kappa shape index (κ2) is 5.98. The molecule has 1 aliphatic rings. The summed E-state index contributed by atoms with van der Waals surface area (Å²) >= 11 is 0. The molecule has 1 amide bonds. The van der Waals surface area contributed by atoms with Gasteiger partial charge < -0.3 is 5.32 Å². The van der Waals surface area contributed by atoms with E-state index in [-0.39, 0.29) is 23.9 Å². The lowest BCUT2D eigenvalue weighted by molar-refractivity contribution is -0.137. The fraction of sp³-hybridized carbons (Fsp3) is 0.167. The lowest BCUT2D eigenvalue weighted by Gasteiger charge is -2.23. The molecule has 5 nitrogen and oxygen atoms in total. The monoisotopic (exact) mass is 358 g/mol. The SMILES string of the molecule is O=C1C[C@@H](c2cccnc2)c2ncn(-c3cccc(C(F)(F)F)c3)c2N1. The number of hydrogen-bond donors (Lipinski definition) is 1. The Hall–Kier alpha value is -3.16. The van der Waals surface area contributed by atoms with Gasteiger partial charge in [-0.1, -0.05) is 12.1 Å². The van der Waals surface area contributed by atoms with Crippen molar-refractivity contribution < 1.29 is 18.0 Å². The van der Waals surface area contributed by atoms with E-state index in [1.165, 1.54) is 23.0 Å². The first-order valence-electron chi connectivity index (χ1n) is 7.88. The number of imidazole rings is 1. The van der Waals surface area contributed by atoms with E-state index in [2.05, 4.69) is 15.3 Å². The summed E-state index contributed by atoms with van der Waals surface area (Å²) in [5.74, 6) is -0.131. The van der Waals surface area contributed by atoms with Crippen molar-refractivity contribution in [1.82, 2.24) is 14.5 Å². The van der Waals surface area contributed by atoms with Gasteiger partial charge in [-0.2, -0.15) is 13.2 Å². The topological polar surface area (TPSA) is 59.8 Å². The fourth-order valence-electron chi connectivity index (χ4n) is 3.09. The van der Waals surface area contributed by atoms with Gasteiger partial charge >= 0.3 is 6.18 Å². The summed E-state index contributed by atoms with van der Waals surface area (Å²) in [5, 5.41) is 2.72. The maximum Gasteiger partial charge on any atom is 0.416 e. The number of anilines is 1. The van der Waals surface area contributed by atoms with Crippen LogP contribution in [0.5, 0.6) is 0 Å². The molecule has 1 atom stereocenters. The third-order valence-corrected chi connectivity index (χ3v) is 4.31. The van der Waals surface area contributed by atoms with Gasteiger partial charge in [0.25, 0.3) is 0 Å². The number of nitrogens with zero attached hydrogens (tertiary/aromatic N) is 3. The number of carbonyl (C=O) groups is 1. The number of pyridine rings is 1. The highest BCUT2D eigenvalue weighted by Crippen LogP contribution is 2.37. The van der Waals surface area contributed by atoms with Gasteiger partial charge in [0, 0.05) is 30.4 Å². The Morgan fingerprint density at radius 1 is 1.19 bits per heavy atom. The first-order valence-corrected chi connectivity index (χ1v) is 7.88. The minimum atomic E-state index is -4.45. The summed E-state index contributed by atoms with van der Waals surface area (Å²) in [6.07, 6.45) is 0.483. The number of rotatable bonds is 2. The van der Waals surface area contributed by atoms with E-state index in [0.717, 1.165) is 17.7 Å². The second-order valence-corrected chi connectivity index (χ2v) is 5.99. The van der Waals surface area contributed by atoms with Crippen molar-refractivity contribution in [2.75, 3.05) is 5.32 Å². The highest BCUT2D eigenvalue weighted by Gasteiger charge is 2.33. The molecule has 8 heteroatoms. The number of fused-ring (bicyclic) bond motifs is 1. The first-order chi connectivity index (χ1) is 12.4. The summed E-state index contributed by atoms with van der Waals surface area (Å²) in [5.41, 5.74) is 0.956. The van der Waals surface area contributed by atoms with Gasteiger partial charge in [0.1, 0.15) is 12.1 Å². The van der Waals surface area contributed by atoms with Crippen LogP contribution >= 0.6 is 0 Å². The Morgan fingerprint density at radius 3 is 2.77 bits per heavy atom. The zero-order chi connectivity index (χ0) is 18.3. The predicted octanol–water partition coefficient (Wildman–Crippen LogP) is 3.76. The molecule has 0 saturated heterocycles. The maximum absolute atomic E-state index is 13.0. The average Bonchev–Trinajstić information content (AvgIpc) is 3.05. The Balaban J connectivity index is 1.80. The Bertz CT molecular complexity index is 966. The summed E-state index contributed by atoms with van der Waals surface area (Å²) in [6, 6.07) is 8.52. The number of amides is 1. The largest absolute Gasteiger partial charge is 0.416 e. The number of benzene rings is 1. The molecular formula is C18H13F3N4O. The van der Waals surface area contributed by atoms with Crippen molar-refractivity contribution in [3.05, 3.63) is 71.9 Å². The van der Waals surface area contributed by atoms with Gasteiger partial charge in [0.2, 0.25) is 5.91 Å². The number of alkyl halides is 3. The molecule has 0 fully saturated rings. The molecule has 0 spiro atoms. The number of carbonyl (C=O) groups excluding carboxylic acids is 1. The van der Waals surface area contributed by atoms with Crippen molar-refractivity contribution in [3.8, 4) is 5.69 Å². The molecular weight excluding hydrogens is 345 g/mol. The number of halogens is 3. The van der Waals surface area contributed by atoms with Crippen molar-refractivity contribution in [1.29, 1.82) is 0 Å². The van der Waals surface area contributed by atoms with Crippen LogP contribution in [0.2, 0.25) is 0 Å². The van der Waals surface area contributed by atoms with Crippen LogP contribution in [0.15, 0.2) is 55.1 Å². The van der Waals surface area contributed by atoms with Crippen LogP contribution in [0, 0.1) is 0 Å². The third kappa shape index (κ3) is 2.83. The maximum atomic E-state index is 13.0. The highest BCUT2D eigenvalue weighted by molar-refractivity contribution is 5.94. The van der Waals surface area contributed by atoms with E-state index in [9.17, 15) is 18.0 Å². The zero-order valence-corrected chi connectivity index (χ0v) is 13.4. The van der Waals surface area contributed by atoms with E-state index in [1.807, 2.05) is 6.07 Å². The minimum Gasteiger partial charge on any atom is -0.310 e. The van der Waals surface area contributed by atoms with E-state index in [0.29, 0.717) is 11.5 Å². The van der Waals surface area contributed by atoms with E-state index in [4.69, 9.17) is 0 Å². The van der Waals surface area contributed by atoms with Gasteiger partial charge in [0.15, 0.2) is 0 Å². The number of hydrogen-bond acceptors (Lipinski definition) is 3. The molecule has 3 aromatic rings. The smallest absolute Gasteiger partial charge is 0.310 e. The Labute approximate surface area is 146 Å². The van der Waals surface area contributed by atoms with Crippen LogP contribution in [0.25, 0.3) is 5.69 Å². The first kappa shape index (κ1) is 16.3. The van der Waals surface area contributed by atoms with Crippen molar-refractivity contribution in [3.63, 3.8) is 0 Å². The lowest BCUT2D eigenvalue weighted by Crippen LogP contribution is -2.25. The molecule has 1 aromatic carbocycles. The van der Waals surface area contributed by atoms with Crippen LogP contribution in [0.4, 0.5) is 19.0 Å². The van der Waals surface area contributed by atoms with Crippen LogP contribution in [-0.2, 0) is 11.0 Å². The molecule has 0 unspecified atom stereocenters. The normalized spacial score (nSPS) is 16.9. The molecule has 2 aromatic heterocycles. The minimum absolute atomic E-state index is 0.207. The van der Waals surface area contributed by atoms with Crippen molar-refractivity contribution in [2.45, 2.75) is 18.5 Å².